The van der Waals surface area contributed by atoms with E-state index in [1.165, 1.54) is 16.7 Å². The Bertz CT molecular complexity index is 442. The van der Waals surface area contributed by atoms with Crippen molar-refractivity contribution < 1.29 is 0 Å². The highest BCUT2D eigenvalue weighted by Crippen LogP contribution is 2.18. The zero-order valence-electron chi connectivity index (χ0n) is 9.77. The van der Waals surface area contributed by atoms with Crippen LogP contribution in [0.3, 0.4) is 0 Å². The molecule has 1 N–H and O–H groups in total. The monoisotopic (exact) mass is 215 g/mol. The van der Waals surface area contributed by atoms with Gasteiger partial charge in [-0.2, -0.15) is 5.10 Å². The maximum Gasteiger partial charge on any atom is 0.0568 e. The molecule has 84 valence electrons. The fourth-order valence-corrected chi connectivity index (χ4v) is 1.61. The molecule has 0 amide bonds. The first kappa shape index (κ1) is 10.9. The molecule has 0 aliphatic rings. The second-order valence-corrected chi connectivity index (χ2v) is 3.96. The number of aromatic nitrogens is 2. The topological polar surface area (TPSA) is 29.9 Å². The van der Waals surface area contributed by atoms with Crippen LogP contribution in [-0.2, 0) is 6.54 Å². The zero-order chi connectivity index (χ0) is 11.4. The molecule has 1 aromatic carbocycles. The van der Waals surface area contributed by atoms with E-state index in [2.05, 4.69) is 47.8 Å². The van der Waals surface area contributed by atoms with Gasteiger partial charge in [-0.15, -0.1) is 0 Å². The van der Waals surface area contributed by atoms with Crippen molar-refractivity contribution in [2.24, 2.45) is 0 Å². The number of nitrogens with one attached hydrogen (secondary N) is 1. The molecule has 0 fully saturated rings. The van der Waals surface area contributed by atoms with Crippen LogP contribution < -0.4 is 5.32 Å². The molecule has 1 heterocycles. The highest BCUT2D eigenvalue weighted by atomic mass is 15.3. The Kier molecular flexibility index (Phi) is 3.37. The van der Waals surface area contributed by atoms with Crippen molar-refractivity contribution in [3.8, 4) is 11.1 Å². The van der Waals surface area contributed by atoms with Crippen molar-refractivity contribution in [3.63, 3.8) is 0 Å². The summed E-state index contributed by atoms with van der Waals surface area (Å²) >= 11 is 0. The van der Waals surface area contributed by atoms with Gasteiger partial charge < -0.3 is 5.32 Å². The van der Waals surface area contributed by atoms with Crippen molar-refractivity contribution in [2.75, 3.05) is 13.6 Å². The zero-order valence-corrected chi connectivity index (χ0v) is 9.77. The van der Waals surface area contributed by atoms with E-state index in [0.717, 1.165) is 13.1 Å². The molecule has 0 aliphatic carbocycles. The third kappa shape index (κ3) is 2.49. The molecule has 0 atom stereocenters. The van der Waals surface area contributed by atoms with E-state index in [9.17, 15) is 0 Å². The second-order valence-electron chi connectivity index (χ2n) is 3.96. The molecule has 0 unspecified atom stereocenters. The van der Waals surface area contributed by atoms with Crippen LogP contribution in [0.4, 0.5) is 0 Å². The van der Waals surface area contributed by atoms with Crippen LogP contribution >= 0.6 is 0 Å². The quantitative estimate of drug-likeness (QED) is 0.846. The first-order valence-electron chi connectivity index (χ1n) is 5.53. The Labute approximate surface area is 96.1 Å². The highest BCUT2D eigenvalue weighted by molar-refractivity contribution is 5.61. The average Bonchev–Trinajstić information content (AvgIpc) is 2.76. The van der Waals surface area contributed by atoms with E-state index in [0.29, 0.717) is 0 Å². The predicted molar refractivity (Wildman–Crippen MR) is 66.3 cm³/mol. The molecule has 0 aliphatic heterocycles. The van der Waals surface area contributed by atoms with Gasteiger partial charge >= 0.3 is 0 Å². The number of benzene rings is 1. The van der Waals surface area contributed by atoms with Gasteiger partial charge in [0.1, 0.15) is 0 Å². The number of likely N-dealkylation sites (N-methyl/N-ethyl adjacent to an activating group) is 1. The summed E-state index contributed by atoms with van der Waals surface area (Å²) in [4.78, 5) is 0. The minimum atomic E-state index is 0.905. The molecular formula is C13H17N3. The Balaban J connectivity index is 2.15. The summed E-state index contributed by atoms with van der Waals surface area (Å²) in [5.41, 5.74) is 3.68. The highest BCUT2D eigenvalue weighted by Gasteiger charge is 2.00. The minimum absolute atomic E-state index is 0.905. The second kappa shape index (κ2) is 4.94. The van der Waals surface area contributed by atoms with Crippen LogP contribution in [0.25, 0.3) is 11.1 Å². The van der Waals surface area contributed by atoms with Gasteiger partial charge in [0, 0.05) is 18.3 Å². The molecule has 1 aromatic heterocycles. The fourth-order valence-electron chi connectivity index (χ4n) is 1.61. The molecule has 0 bridgehead atoms. The number of nitrogens with zero attached hydrogens (tertiary/aromatic N) is 2. The number of hydrogen-bond donors (Lipinski definition) is 1. The summed E-state index contributed by atoms with van der Waals surface area (Å²) in [6, 6.07) is 8.52. The lowest BCUT2D eigenvalue weighted by atomic mass is 10.1. The molecule has 0 saturated heterocycles. The van der Waals surface area contributed by atoms with Crippen LogP contribution in [0, 0.1) is 6.92 Å². The van der Waals surface area contributed by atoms with Crippen LogP contribution in [0.5, 0.6) is 0 Å². The van der Waals surface area contributed by atoms with Crippen LogP contribution in [0.2, 0.25) is 0 Å². The van der Waals surface area contributed by atoms with Gasteiger partial charge in [0.25, 0.3) is 0 Å². The van der Waals surface area contributed by atoms with Crippen molar-refractivity contribution in [1.29, 1.82) is 0 Å². The standard InChI is InChI=1S/C13H17N3/c1-11-3-5-12(6-4-11)13-9-15-16(10-13)8-7-14-2/h3-6,9-10,14H,7-8H2,1-2H3. The SMILES string of the molecule is CNCCn1cc(-c2ccc(C)cc2)cn1. The first-order valence-corrected chi connectivity index (χ1v) is 5.53. The van der Waals surface area contributed by atoms with Gasteiger partial charge in [-0.25, -0.2) is 0 Å². The lowest BCUT2D eigenvalue weighted by Crippen LogP contribution is -2.14. The number of aryl methyl sites for hydroxylation is 1. The largest absolute Gasteiger partial charge is 0.318 e. The number of rotatable bonds is 4. The summed E-state index contributed by atoms with van der Waals surface area (Å²) in [6.45, 7) is 3.94. The first-order chi connectivity index (χ1) is 7.79. The Morgan fingerprint density at radius 3 is 2.62 bits per heavy atom. The van der Waals surface area contributed by atoms with Crippen LogP contribution in [-0.4, -0.2) is 23.4 Å². The molecule has 3 heteroatoms. The minimum Gasteiger partial charge on any atom is -0.318 e. The Morgan fingerprint density at radius 2 is 1.94 bits per heavy atom. The van der Waals surface area contributed by atoms with Crippen molar-refractivity contribution in [1.82, 2.24) is 15.1 Å². The maximum atomic E-state index is 4.33. The molecule has 16 heavy (non-hydrogen) atoms. The van der Waals surface area contributed by atoms with Crippen LogP contribution in [0.1, 0.15) is 5.56 Å². The third-order valence-corrected chi connectivity index (χ3v) is 2.61. The van der Waals surface area contributed by atoms with Crippen LogP contribution in [0.15, 0.2) is 36.7 Å². The lowest BCUT2D eigenvalue weighted by molar-refractivity contribution is 0.585. The molecule has 0 radical (unpaired) electrons. The summed E-state index contributed by atoms with van der Waals surface area (Å²) < 4.78 is 1.96. The molecule has 3 nitrogen and oxygen atoms in total. The van der Waals surface area contributed by atoms with E-state index < -0.39 is 0 Å². The van der Waals surface area contributed by atoms with Crippen molar-refractivity contribution >= 4 is 0 Å². The molecule has 2 aromatic rings. The van der Waals surface area contributed by atoms with Crippen molar-refractivity contribution in [2.45, 2.75) is 13.5 Å². The third-order valence-electron chi connectivity index (χ3n) is 2.61. The summed E-state index contributed by atoms with van der Waals surface area (Å²) in [7, 11) is 1.95. The van der Waals surface area contributed by atoms with E-state index in [-0.39, 0.29) is 0 Å². The van der Waals surface area contributed by atoms with Gasteiger partial charge in [-0.1, -0.05) is 29.8 Å². The molecule has 0 saturated carbocycles. The van der Waals surface area contributed by atoms with Crippen molar-refractivity contribution in [3.05, 3.63) is 42.2 Å². The molecule has 2 rings (SSSR count). The fraction of sp³-hybridized carbons (Fsp3) is 0.308. The Morgan fingerprint density at radius 1 is 1.19 bits per heavy atom. The van der Waals surface area contributed by atoms with Gasteiger partial charge in [0.15, 0.2) is 0 Å². The summed E-state index contributed by atoms with van der Waals surface area (Å²) in [5, 5.41) is 7.44. The van der Waals surface area contributed by atoms with Gasteiger partial charge in [-0.05, 0) is 19.5 Å². The average molecular weight is 215 g/mol. The van der Waals surface area contributed by atoms with E-state index >= 15 is 0 Å². The normalized spacial score (nSPS) is 10.6. The summed E-state index contributed by atoms with van der Waals surface area (Å²) in [6.07, 6.45) is 4.00. The summed E-state index contributed by atoms with van der Waals surface area (Å²) in [5.74, 6) is 0. The molecular weight excluding hydrogens is 198 g/mol. The maximum absolute atomic E-state index is 4.33. The van der Waals surface area contributed by atoms with Gasteiger partial charge in [-0.3, -0.25) is 4.68 Å². The Hall–Kier alpha value is -1.61. The van der Waals surface area contributed by atoms with E-state index in [1.54, 1.807) is 0 Å². The van der Waals surface area contributed by atoms with Gasteiger partial charge in [0.05, 0.1) is 12.7 Å². The van der Waals surface area contributed by atoms with E-state index in [4.69, 9.17) is 0 Å². The predicted octanol–water partition coefficient (Wildman–Crippen LogP) is 2.08. The lowest BCUT2D eigenvalue weighted by Gasteiger charge is -1.99. The molecule has 0 spiro atoms. The van der Waals surface area contributed by atoms with Gasteiger partial charge in [0.2, 0.25) is 0 Å². The number of hydrogen-bond acceptors (Lipinski definition) is 2. The van der Waals surface area contributed by atoms with E-state index in [1.807, 2.05) is 17.9 Å². The smallest absolute Gasteiger partial charge is 0.0568 e.